The average Bonchev–Trinajstić information content (AvgIpc) is 2.74. The highest BCUT2D eigenvalue weighted by atomic mass is 16.5. The van der Waals surface area contributed by atoms with Crippen molar-refractivity contribution in [1.82, 2.24) is 10.6 Å². The van der Waals surface area contributed by atoms with Crippen molar-refractivity contribution in [3.8, 4) is 0 Å². The van der Waals surface area contributed by atoms with Crippen LogP contribution in [-0.4, -0.2) is 38.1 Å². The van der Waals surface area contributed by atoms with Gasteiger partial charge in [-0.2, -0.15) is 0 Å². The second-order valence-electron chi connectivity index (χ2n) is 7.45. The van der Waals surface area contributed by atoms with E-state index in [1.165, 1.54) is 17.4 Å². The fraction of sp³-hybridized carbons (Fsp3) is 0.391. The summed E-state index contributed by atoms with van der Waals surface area (Å²) in [7, 11) is 0. The maximum absolute atomic E-state index is 12.6. The van der Waals surface area contributed by atoms with Crippen LogP contribution in [0.3, 0.4) is 0 Å². The molecule has 1 heterocycles. The van der Waals surface area contributed by atoms with E-state index >= 15 is 0 Å². The van der Waals surface area contributed by atoms with E-state index in [0.29, 0.717) is 6.54 Å². The summed E-state index contributed by atoms with van der Waals surface area (Å²) in [6, 6.07) is 17.5. The zero-order valence-electron chi connectivity index (χ0n) is 16.9. The van der Waals surface area contributed by atoms with E-state index in [9.17, 15) is 9.59 Å². The van der Waals surface area contributed by atoms with Crippen molar-refractivity contribution >= 4 is 11.8 Å². The maximum Gasteiger partial charge on any atom is 0.222 e. The SMILES string of the molecule is CC(=O)N[C@H](CC(=O)NCc1ccccc1C[NH+]1CCOCC1)c1ccccc1. The summed E-state index contributed by atoms with van der Waals surface area (Å²) in [5, 5.41) is 5.90. The minimum absolute atomic E-state index is 0.0823. The molecule has 0 spiro atoms. The molecule has 6 nitrogen and oxygen atoms in total. The quantitative estimate of drug-likeness (QED) is 0.623. The monoisotopic (exact) mass is 396 g/mol. The lowest BCUT2D eigenvalue weighted by Crippen LogP contribution is -3.12. The maximum atomic E-state index is 12.6. The van der Waals surface area contributed by atoms with Gasteiger partial charge in [0, 0.05) is 19.0 Å². The molecule has 0 bridgehead atoms. The number of hydrogen-bond donors (Lipinski definition) is 3. The van der Waals surface area contributed by atoms with E-state index < -0.39 is 0 Å². The van der Waals surface area contributed by atoms with Gasteiger partial charge >= 0.3 is 0 Å². The number of morpholine rings is 1. The van der Waals surface area contributed by atoms with Crippen molar-refractivity contribution in [2.24, 2.45) is 0 Å². The van der Waals surface area contributed by atoms with Crippen molar-refractivity contribution in [2.45, 2.75) is 32.5 Å². The summed E-state index contributed by atoms with van der Waals surface area (Å²) in [5.41, 5.74) is 3.32. The summed E-state index contributed by atoms with van der Waals surface area (Å²) in [4.78, 5) is 25.7. The number of benzene rings is 2. The molecule has 2 aromatic rings. The number of amides is 2. The van der Waals surface area contributed by atoms with Gasteiger partial charge in [0.1, 0.15) is 19.6 Å². The number of carbonyl (C=O) groups is 2. The van der Waals surface area contributed by atoms with Crippen LogP contribution >= 0.6 is 0 Å². The molecule has 1 aliphatic heterocycles. The summed E-state index contributed by atoms with van der Waals surface area (Å²) < 4.78 is 5.44. The summed E-state index contributed by atoms with van der Waals surface area (Å²) >= 11 is 0. The number of ether oxygens (including phenoxy) is 1. The zero-order valence-corrected chi connectivity index (χ0v) is 16.9. The van der Waals surface area contributed by atoms with Gasteiger partial charge in [0.15, 0.2) is 0 Å². The normalized spacial score (nSPS) is 15.5. The predicted octanol–water partition coefficient (Wildman–Crippen LogP) is 0.985. The smallest absolute Gasteiger partial charge is 0.222 e. The Morgan fingerprint density at radius 1 is 1.00 bits per heavy atom. The largest absolute Gasteiger partial charge is 0.370 e. The molecule has 2 aromatic carbocycles. The first-order valence-corrected chi connectivity index (χ1v) is 10.2. The third-order valence-electron chi connectivity index (χ3n) is 5.20. The van der Waals surface area contributed by atoms with E-state index in [-0.39, 0.29) is 24.3 Å². The third-order valence-corrected chi connectivity index (χ3v) is 5.20. The van der Waals surface area contributed by atoms with Crippen LogP contribution in [0.5, 0.6) is 0 Å². The summed E-state index contributed by atoms with van der Waals surface area (Å²) in [6.45, 7) is 6.52. The van der Waals surface area contributed by atoms with E-state index in [1.807, 2.05) is 42.5 Å². The van der Waals surface area contributed by atoms with Gasteiger partial charge in [-0.05, 0) is 11.1 Å². The highest BCUT2D eigenvalue weighted by Crippen LogP contribution is 2.16. The van der Waals surface area contributed by atoms with Gasteiger partial charge in [-0.15, -0.1) is 0 Å². The topological polar surface area (TPSA) is 71.9 Å². The Labute approximate surface area is 172 Å². The third kappa shape index (κ3) is 6.69. The van der Waals surface area contributed by atoms with Crippen LogP contribution < -0.4 is 15.5 Å². The van der Waals surface area contributed by atoms with Gasteiger partial charge in [-0.3, -0.25) is 9.59 Å². The van der Waals surface area contributed by atoms with Crippen molar-refractivity contribution in [2.75, 3.05) is 26.3 Å². The molecule has 0 aliphatic carbocycles. The van der Waals surface area contributed by atoms with Crippen LogP contribution in [0.25, 0.3) is 0 Å². The molecule has 1 atom stereocenters. The molecule has 6 heteroatoms. The molecule has 2 amide bonds. The standard InChI is InChI=1S/C23H29N3O3/c1-18(27)25-22(19-7-3-2-4-8-19)15-23(28)24-16-20-9-5-6-10-21(20)17-26-11-13-29-14-12-26/h2-10,22H,11-17H2,1H3,(H,24,28)(H,25,27)/p+1/t22-/m1/s1. The molecule has 1 saturated heterocycles. The number of rotatable bonds is 8. The van der Waals surface area contributed by atoms with Gasteiger partial charge in [0.2, 0.25) is 11.8 Å². The molecule has 29 heavy (non-hydrogen) atoms. The Morgan fingerprint density at radius 2 is 1.66 bits per heavy atom. The number of nitrogens with one attached hydrogen (secondary N) is 3. The molecular formula is C23H30N3O3+. The Hall–Kier alpha value is -2.70. The van der Waals surface area contributed by atoms with E-state index in [1.54, 1.807) is 0 Å². The van der Waals surface area contributed by atoms with E-state index in [2.05, 4.69) is 22.8 Å². The molecule has 3 rings (SSSR count). The lowest BCUT2D eigenvalue weighted by atomic mass is 10.0. The van der Waals surface area contributed by atoms with Crippen LogP contribution in [0.15, 0.2) is 54.6 Å². The number of quaternary nitrogens is 1. The predicted molar refractivity (Wildman–Crippen MR) is 111 cm³/mol. The number of hydrogen-bond acceptors (Lipinski definition) is 3. The second-order valence-corrected chi connectivity index (χ2v) is 7.45. The highest BCUT2D eigenvalue weighted by molar-refractivity contribution is 5.79. The minimum atomic E-state index is -0.332. The van der Waals surface area contributed by atoms with Crippen LogP contribution in [0.4, 0.5) is 0 Å². The van der Waals surface area contributed by atoms with Crippen molar-refractivity contribution in [3.05, 3.63) is 71.3 Å². The van der Waals surface area contributed by atoms with Gasteiger partial charge < -0.3 is 20.3 Å². The summed E-state index contributed by atoms with van der Waals surface area (Å²) in [6.07, 6.45) is 0.209. The minimum Gasteiger partial charge on any atom is -0.370 e. The molecule has 0 radical (unpaired) electrons. The van der Waals surface area contributed by atoms with Crippen molar-refractivity contribution in [3.63, 3.8) is 0 Å². The lowest BCUT2D eigenvalue weighted by Gasteiger charge is -2.24. The molecule has 1 fully saturated rings. The summed E-state index contributed by atoms with van der Waals surface area (Å²) in [5.74, 6) is -0.230. The molecule has 154 valence electrons. The fourth-order valence-corrected chi connectivity index (χ4v) is 3.64. The Kier molecular flexibility index (Phi) is 7.78. The van der Waals surface area contributed by atoms with Crippen LogP contribution in [0, 0.1) is 0 Å². The molecule has 0 unspecified atom stereocenters. The molecular weight excluding hydrogens is 366 g/mol. The fourth-order valence-electron chi connectivity index (χ4n) is 3.64. The van der Waals surface area contributed by atoms with E-state index in [0.717, 1.165) is 44.0 Å². The number of carbonyl (C=O) groups excluding carboxylic acids is 2. The van der Waals surface area contributed by atoms with E-state index in [4.69, 9.17) is 4.74 Å². The first kappa shape index (κ1) is 21.0. The van der Waals surface area contributed by atoms with Gasteiger partial charge in [0.05, 0.1) is 25.7 Å². The first-order chi connectivity index (χ1) is 14.1. The Balaban J connectivity index is 1.58. The second kappa shape index (κ2) is 10.7. The molecule has 0 saturated carbocycles. The average molecular weight is 397 g/mol. The Bertz CT molecular complexity index is 804. The highest BCUT2D eigenvalue weighted by Gasteiger charge is 2.18. The first-order valence-electron chi connectivity index (χ1n) is 10.2. The lowest BCUT2D eigenvalue weighted by molar-refractivity contribution is -0.921. The van der Waals surface area contributed by atoms with Gasteiger partial charge in [-0.25, -0.2) is 0 Å². The molecule has 0 aromatic heterocycles. The van der Waals surface area contributed by atoms with Gasteiger partial charge in [0.25, 0.3) is 0 Å². The van der Waals surface area contributed by atoms with Crippen molar-refractivity contribution < 1.29 is 19.2 Å². The van der Waals surface area contributed by atoms with Crippen LogP contribution in [-0.2, 0) is 27.4 Å². The van der Waals surface area contributed by atoms with Crippen LogP contribution in [0.1, 0.15) is 36.1 Å². The van der Waals surface area contributed by atoms with Crippen molar-refractivity contribution in [1.29, 1.82) is 0 Å². The molecule has 3 N–H and O–H groups in total. The Morgan fingerprint density at radius 3 is 2.34 bits per heavy atom. The van der Waals surface area contributed by atoms with Gasteiger partial charge in [-0.1, -0.05) is 54.6 Å². The van der Waals surface area contributed by atoms with Crippen LogP contribution in [0.2, 0.25) is 0 Å². The molecule has 1 aliphatic rings. The zero-order chi connectivity index (χ0) is 20.5.